The summed E-state index contributed by atoms with van der Waals surface area (Å²) in [6.07, 6.45) is 3.60. The van der Waals surface area contributed by atoms with Crippen LogP contribution in [0.5, 0.6) is 0 Å². The van der Waals surface area contributed by atoms with Crippen LogP contribution in [-0.2, 0) is 4.79 Å². The molecular formula is C17H21N3O2. The summed E-state index contributed by atoms with van der Waals surface area (Å²) in [5.74, 6) is 0.555. The number of likely N-dealkylation sites (tertiary alicyclic amines) is 1. The molecule has 0 unspecified atom stereocenters. The number of piperidine rings is 1. The summed E-state index contributed by atoms with van der Waals surface area (Å²) in [7, 11) is 0. The first-order valence-electron chi connectivity index (χ1n) is 8.06. The van der Waals surface area contributed by atoms with Gasteiger partial charge in [0.05, 0.1) is 5.56 Å². The zero-order chi connectivity index (χ0) is 15.3. The highest BCUT2D eigenvalue weighted by Gasteiger charge is 2.43. The average Bonchev–Trinajstić information content (AvgIpc) is 3.33. The largest absolute Gasteiger partial charge is 0.362 e. The van der Waals surface area contributed by atoms with Crippen molar-refractivity contribution in [2.75, 3.05) is 18.4 Å². The van der Waals surface area contributed by atoms with Gasteiger partial charge in [0.15, 0.2) is 0 Å². The molecule has 3 aliphatic rings. The first kappa shape index (κ1) is 13.6. The molecule has 2 amide bonds. The van der Waals surface area contributed by atoms with E-state index in [1.165, 1.54) is 0 Å². The van der Waals surface area contributed by atoms with Gasteiger partial charge in [0.1, 0.15) is 5.66 Å². The summed E-state index contributed by atoms with van der Waals surface area (Å²) in [5, 5.41) is 6.64. The molecule has 1 spiro atoms. The van der Waals surface area contributed by atoms with Crippen molar-refractivity contribution in [3.05, 3.63) is 29.3 Å². The number of nitrogens with one attached hydrogen (secondary N) is 2. The van der Waals surface area contributed by atoms with Crippen LogP contribution in [0.3, 0.4) is 0 Å². The van der Waals surface area contributed by atoms with Gasteiger partial charge in [-0.15, -0.1) is 0 Å². The van der Waals surface area contributed by atoms with Gasteiger partial charge < -0.3 is 15.5 Å². The molecule has 5 nitrogen and oxygen atoms in total. The number of carbonyl (C=O) groups excluding carboxylic acids is 2. The Morgan fingerprint density at radius 3 is 2.64 bits per heavy atom. The molecule has 1 aromatic rings. The predicted octanol–water partition coefficient (Wildman–Crippen LogP) is 1.88. The van der Waals surface area contributed by atoms with Crippen LogP contribution >= 0.6 is 0 Å². The Morgan fingerprint density at radius 2 is 1.95 bits per heavy atom. The highest BCUT2D eigenvalue weighted by atomic mass is 16.2. The lowest BCUT2D eigenvalue weighted by Crippen LogP contribution is -2.62. The number of aryl methyl sites for hydroxylation is 1. The Bertz CT molecular complexity index is 643. The number of amides is 2. The lowest BCUT2D eigenvalue weighted by Gasteiger charge is -2.46. The van der Waals surface area contributed by atoms with E-state index in [9.17, 15) is 9.59 Å². The van der Waals surface area contributed by atoms with Crippen molar-refractivity contribution < 1.29 is 9.59 Å². The van der Waals surface area contributed by atoms with Crippen LogP contribution in [0.2, 0.25) is 0 Å². The third-order valence-corrected chi connectivity index (χ3v) is 5.00. The van der Waals surface area contributed by atoms with E-state index in [0.29, 0.717) is 24.6 Å². The molecule has 0 atom stereocenters. The number of fused-ring (bicyclic) bond motifs is 1. The van der Waals surface area contributed by atoms with Gasteiger partial charge in [-0.3, -0.25) is 9.59 Å². The van der Waals surface area contributed by atoms with Crippen molar-refractivity contribution in [3.63, 3.8) is 0 Å². The van der Waals surface area contributed by atoms with Crippen LogP contribution in [0, 0.1) is 12.8 Å². The Kier molecular flexibility index (Phi) is 2.93. The van der Waals surface area contributed by atoms with Crippen molar-refractivity contribution in [2.24, 2.45) is 5.92 Å². The van der Waals surface area contributed by atoms with E-state index < -0.39 is 5.66 Å². The van der Waals surface area contributed by atoms with Gasteiger partial charge in [-0.05, 0) is 31.9 Å². The SMILES string of the molecule is Cc1ccc2c(c1)C(=O)NC1(CCN(C(=O)C3CC3)CC1)N2. The highest BCUT2D eigenvalue weighted by Crippen LogP contribution is 2.35. The Hall–Kier alpha value is -2.04. The third kappa shape index (κ3) is 2.25. The number of benzene rings is 1. The number of hydrogen-bond acceptors (Lipinski definition) is 3. The molecule has 0 bridgehead atoms. The number of hydrogen-bond donors (Lipinski definition) is 2. The van der Waals surface area contributed by atoms with E-state index in [4.69, 9.17) is 0 Å². The summed E-state index contributed by atoms with van der Waals surface area (Å²) >= 11 is 0. The molecule has 5 heteroatoms. The minimum Gasteiger partial charge on any atom is -0.362 e. The van der Waals surface area contributed by atoms with Crippen LogP contribution in [0.1, 0.15) is 41.6 Å². The quantitative estimate of drug-likeness (QED) is 0.832. The highest BCUT2D eigenvalue weighted by molar-refractivity contribution is 6.02. The van der Waals surface area contributed by atoms with Crippen LogP contribution in [-0.4, -0.2) is 35.5 Å². The van der Waals surface area contributed by atoms with Gasteiger partial charge in [-0.1, -0.05) is 11.6 Å². The zero-order valence-corrected chi connectivity index (χ0v) is 12.8. The van der Waals surface area contributed by atoms with Gasteiger partial charge in [0.25, 0.3) is 5.91 Å². The fraction of sp³-hybridized carbons (Fsp3) is 0.529. The van der Waals surface area contributed by atoms with Crippen LogP contribution in [0.4, 0.5) is 5.69 Å². The van der Waals surface area contributed by atoms with E-state index in [2.05, 4.69) is 10.6 Å². The fourth-order valence-corrected chi connectivity index (χ4v) is 3.48. The number of nitrogens with zero attached hydrogens (tertiary/aromatic N) is 1. The first-order valence-corrected chi connectivity index (χ1v) is 8.06. The summed E-state index contributed by atoms with van der Waals surface area (Å²) in [6.45, 7) is 3.41. The molecule has 2 aliphatic heterocycles. The summed E-state index contributed by atoms with van der Waals surface area (Å²) < 4.78 is 0. The molecule has 2 fully saturated rings. The van der Waals surface area contributed by atoms with Crippen molar-refractivity contribution >= 4 is 17.5 Å². The van der Waals surface area contributed by atoms with Crippen molar-refractivity contribution in [3.8, 4) is 0 Å². The maximum absolute atomic E-state index is 12.4. The molecule has 2 N–H and O–H groups in total. The smallest absolute Gasteiger partial charge is 0.255 e. The molecule has 1 aliphatic carbocycles. The molecule has 1 saturated heterocycles. The number of anilines is 1. The van der Waals surface area contributed by atoms with Crippen LogP contribution < -0.4 is 10.6 Å². The second kappa shape index (κ2) is 4.73. The van der Waals surface area contributed by atoms with E-state index >= 15 is 0 Å². The second-order valence-corrected chi connectivity index (χ2v) is 6.81. The molecular weight excluding hydrogens is 278 g/mol. The van der Waals surface area contributed by atoms with Crippen LogP contribution in [0.25, 0.3) is 0 Å². The third-order valence-electron chi connectivity index (χ3n) is 5.00. The van der Waals surface area contributed by atoms with Gasteiger partial charge in [0, 0.05) is 37.5 Å². The molecule has 0 aromatic heterocycles. The normalized spacial score (nSPS) is 22.8. The summed E-state index contributed by atoms with van der Waals surface area (Å²) in [5.41, 5.74) is 2.29. The van der Waals surface area contributed by atoms with Crippen molar-refractivity contribution in [1.29, 1.82) is 0 Å². The Labute approximate surface area is 130 Å². The predicted molar refractivity (Wildman–Crippen MR) is 83.5 cm³/mol. The molecule has 22 heavy (non-hydrogen) atoms. The van der Waals surface area contributed by atoms with Gasteiger partial charge >= 0.3 is 0 Å². The van der Waals surface area contributed by atoms with E-state index in [1.807, 2.05) is 30.0 Å². The first-order chi connectivity index (χ1) is 10.6. The Morgan fingerprint density at radius 1 is 1.23 bits per heavy atom. The van der Waals surface area contributed by atoms with E-state index in [-0.39, 0.29) is 11.8 Å². The molecule has 1 aromatic carbocycles. The lowest BCUT2D eigenvalue weighted by atomic mass is 9.91. The molecule has 4 rings (SSSR count). The maximum Gasteiger partial charge on any atom is 0.255 e. The summed E-state index contributed by atoms with van der Waals surface area (Å²) in [6, 6.07) is 5.91. The molecule has 116 valence electrons. The van der Waals surface area contributed by atoms with Crippen molar-refractivity contribution in [2.45, 2.75) is 38.3 Å². The van der Waals surface area contributed by atoms with Crippen molar-refractivity contribution in [1.82, 2.24) is 10.2 Å². The van der Waals surface area contributed by atoms with E-state index in [0.717, 1.165) is 36.9 Å². The molecule has 2 heterocycles. The summed E-state index contributed by atoms with van der Waals surface area (Å²) in [4.78, 5) is 26.5. The maximum atomic E-state index is 12.4. The number of rotatable bonds is 1. The van der Waals surface area contributed by atoms with Crippen LogP contribution in [0.15, 0.2) is 18.2 Å². The van der Waals surface area contributed by atoms with Gasteiger partial charge in [-0.25, -0.2) is 0 Å². The average molecular weight is 299 g/mol. The second-order valence-electron chi connectivity index (χ2n) is 6.81. The zero-order valence-electron chi connectivity index (χ0n) is 12.8. The monoisotopic (exact) mass is 299 g/mol. The molecule has 0 radical (unpaired) electrons. The lowest BCUT2D eigenvalue weighted by molar-refractivity contribution is -0.134. The van der Waals surface area contributed by atoms with Gasteiger partial charge in [0.2, 0.25) is 5.91 Å². The van der Waals surface area contributed by atoms with E-state index in [1.54, 1.807) is 0 Å². The standard InChI is InChI=1S/C17H21N3O2/c1-11-2-5-14-13(10-11)15(21)19-17(18-14)6-8-20(9-7-17)16(22)12-3-4-12/h2,5,10,12,18H,3-4,6-9H2,1H3,(H,19,21). The minimum atomic E-state index is -0.403. The molecule has 1 saturated carbocycles. The fourth-order valence-electron chi connectivity index (χ4n) is 3.48. The number of carbonyl (C=O) groups is 2. The Balaban J connectivity index is 1.51. The minimum absolute atomic E-state index is 0.0144. The van der Waals surface area contributed by atoms with Gasteiger partial charge in [-0.2, -0.15) is 0 Å². The topological polar surface area (TPSA) is 61.4 Å².